The van der Waals surface area contributed by atoms with Crippen LogP contribution in [0.3, 0.4) is 0 Å². The van der Waals surface area contributed by atoms with Crippen molar-refractivity contribution in [3.05, 3.63) is 29.8 Å². The van der Waals surface area contributed by atoms with Crippen LogP contribution in [0.15, 0.2) is 29.3 Å². The maximum atomic E-state index is 11.4. The molecule has 1 unspecified atom stereocenters. The molecule has 0 saturated carbocycles. The van der Waals surface area contributed by atoms with Crippen LogP contribution in [0.5, 0.6) is 0 Å². The molecule has 3 nitrogen and oxygen atoms in total. The fourth-order valence-corrected chi connectivity index (χ4v) is 3.71. The van der Waals surface area contributed by atoms with Gasteiger partial charge < -0.3 is 10.0 Å². The summed E-state index contributed by atoms with van der Waals surface area (Å²) in [6.45, 7) is 8.43. The van der Waals surface area contributed by atoms with Gasteiger partial charge in [0.1, 0.15) is 11.4 Å². The highest BCUT2D eigenvalue weighted by molar-refractivity contribution is 6.10. The fourth-order valence-electron chi connectivity index (χ4n) is 3.71. The van der Waals surface area contributed by atoms with Gasteiger partial charge in [-0.25, -0.2) is 0 Å². The molecule has 1 aromatic carbocycles. The number of nitrogens with zero attached hydrogens (tertiary/aromatic N) is 2. The molecule has 0 bridgehead atoms. The SMILES string of the molecule is CCCCCCC1(O)C2=NCC(C)(C)CN2c2ccccc21.Cl. The number of anilines is 1. The lowest BCUT2D eigenvalue weighted by molar-refractivity contribution is 0.0994. The molecule has 1 aromatic rings. The molecule has 3 rings (SSSR count). The standard InChI is InChI=1S/C19H28N2O.ClH/c1-4-5-6-9-12-19(22)15-10-7-8-11-16(15)21-14-18(2,3)13-20-17(19)21;/h7-8,10-11,22H,4-6,9,12-14H2,1-3H3;1H. The largest absolute Gasteiger partial charge is 0.377 e. The first-order chi connectivity index (χ1) is 10.5. The number of aliphatic imine (C=N–C) groups is 1. The van der Waals surface area contributed by atoms with Gasteiger partial charge in [0, 0.05) is 29.8 Å². The minimum absolute atomic E-state index is 0. The third-order valence-electron chi connectivity index (χ3n) is 4.90. The van der Waals surface area contributed by atoms with Crippen molar-refractivity contribution in [3.8, 4) is 0 Å². The Hall–Kier alpha value is -1.06. The van der Waals surface area contributed by atoms with E-state index in [0.29, 0.717) is 0 Å². The van der Waals surface area contributed by atoms with Crippen LogP contribution in [-0.4, -0.2) is 24.0 Å². The smallest absolute Gasteiger partial charge is 0.149 e. The number of unbranched alkanes of at least 4 members (excludes halogenated alkanes) is 3. The van der Waals surface area contributed by atoms with Crippen LogP contribution in [0.1, 0.15) is 58.4 Å². The summed E-state index contributed by atoms with van der Waals surface area (Å²) in [4.78, 5) is 7.05. The lowest BCUT2D eigenvalue weighted by Crippen LogP contribution is -2.48. The minimum Gasteiger partial charge on any atom is -0.377 e. The van der Waals surface area contributed by atoms with Gasteiger partial charge in [0.15, 0.2) is 0 Å². The Morgan fingerprint density at radius 2 is 1.91 bits per heavy atom. The van der Waals surface area contributed by atoms with E-state index in [1.165, 1.54) is 19.3 Å². The van der Waals surface area contributed by atoms with Crippen LogP contribution >= 0.6 is 12.4 Å². The van der Waals surface area contributed by atoms with Crippen molar-refractivity contribution < 1.29 is 5.11 Å². The molecule has 128 valence electrons. The Kier molecular flexibility index (Phi) is 5.42. The monoisotopic (exact) mass is 336 g/mol. The van der Waals surface area contributed by atoms with E-state index in [1.807, 2.05) is 6.07 Å². The fraction of sp³-hybridized carbons (Fsp3) is 0.632. The van der Waals surface area contributed by atoms with E-state index >= 15 is 0 Å². The number of para-hydroxylation sites is 1. The Morgan fingerprint density at radius 1 is 1.17 bits per heavy atom. The number of amidine groups is 1. The van der Waals surface area contributed by atoms with Crippen molar-refractivity contribution in [1.82, 2.24) is 0 Å². The third kappa shape index (κ3) is 3.27. The maximum Gasteiger partial charge on any atom is 0.149 e. The van der Waals surface area contributed by atoms with Crippen molar-refractivity contribution in [2.75, 3.05) is 18.0 Å². The van der Waals surface area contributed by atoms with E-state index in [-0.39, 0.29) is 17.8 Å². The van der Waals surface area contributed by atoms with Gasteiger partial charge >= 0.3 is 0 Å². The van der Waals surface area contributed by atoms with Gasteiger partial charge in [0.2, 0.25) is 0 Å². The second kappa shape index (κ2) is 6.82. The van der Waals surface area contributed by atoms with Gasteiger partial charge in [0.25, 0.3) is 0 Å². The zero-order valence-corrected chi connectivity index (χ0v) is 15.3. The number of rotatable bonds is 5. The van der Waals surface area contributed by atoms with Crippen molar-refractivity contribution in [2.45, 2.75) is 58.5 Å². The highest BCUT2D eigenvalue weighted by Gasteiger charge is 2.49. The Morgan fingerprint density at radius 3 is 2.65 bits per heavy atom. The predicted molar refractivity (Wildman–Crippen MR) is 99.8 cm³/mol. The number of hydrogen-bond acceptors (Lipinski definition) is 3. The van der Waals surface area contributed by atoms with Crippen LogP contribution in [0, 0.1) is 5.41 Å². The maximum absolute atomic E-state index is 11.4. The molecule has 0 spiro atoms. The second-order valence-electron chi connectivity index (χ2n) is 7.58. The van der Waals surface area contributed by atoms with E-state index in [0.717, 1.165) is 43.0 Å². The highest BCUT2D eigenvalue weighted by Crippen LogP contribution is 2.46. The number of fused-ring (bicyclic) bond motifs is 3. The Balaban J connectivity index is 0.00000192. The summed E-state index contributed by atoms with van der Waals surface area (Å²) in [6.07, 6.45) is 5.46. The summed E-state index contributed by atoms with van der Waals surface area (Å²) in [6, 6.07) is 8.28. The second-order valence-corrected chi connectivity index (χ2v) is 7.58. The lowest BCUT2D eigenvalue weighted by atomic mass is 9.87. The van der Waals surface area contributed by atoms with Crippen molar-refractivity contribution in [2.24, 2.45) is 10.4 Å². The molecule has 2 aliphatic heterocycles. The van der Waals surface area contributed by atoms with Crippen molar-refractivity contribution in [3.63, 3.8) is 0 Å². The number of halogens is 1. The Labute approximate surface area is 146 Å². The molecule has 23 heavy (non-hydrogen) atoms. The lowest BCUT2D eigenvalue weighted by Gasteiger charge is -2.37. The van der Waals surface area contributed by atoms with E-state index in [2.05, 4.69) is 43.9 Å². The van der Waals surface area contributed by atoms with Crippen LogP contribution in [0.4, 0.5) is 5.69 Å². The normalized spacial score (nSPS) is 24.5. The molecule has 0 radical (unpaired) electrons. The zero-order valence-electron chi connectivity index (χ0n) is 14.5. The molecule has 0 aromatic heterocycles. The van der Waals surface area contributed by atoms with E-state index in [9.17, 15) is 5.11 Å². The molecule has 2 aliphatic rings. The zero-order chi connectivity index (χ0) is 15.8. The summed E-state index contributed by atoms with van der Waals surface area (Å²) in [7, 11) is 0. The summed E-state index contributed by atoms with van der Waals surface area (Å²) in [5, 5.41) is 11.4. The highest BCUT2D eigenvalue weighted by atomic mass is 35.5. The first kappa shape index (κ1) is 18.3. The summed E-state index contributed by atoms with van der Waals surface area (Å²) < 4.78 is 0. The van der Waals surface area contributed by atoms with Crippen LogP contribution in [0.2, 0.25) is 0 Å². The van der Waals surface area contributed by atoms with Crippen LogP contribution < -0.4 is 4.90 Å². The molecule has 2 heterocycles. The summed E-state index contributed by atoms with van der Waals surface area (Å²) in [5.74, 6) is 0.879. The molecule has 0 saturated heterocycles. The molecular weight excluding hydrogens is 308 g/mol. The molecule has 0 amide bonds. The van der Waals surface area contributed by atoms with Gasteiger partial charge in [-0.15, -0.1) is 12.4 Å². The predicted octanol–water partition coefficient (Wildman–Crippen LogP) is 4.52. The molecule has 0 fully saturated rings. The minimum atomic E-state index is -0.888. The number of benzene rings is 1. The molecule has 0 aliphatic carbocycles. The van der Waals surface area contributed by atoms with Crippen molar-refractivity contribution >= 4 is 23.9 Å². The van der Waals surface area contributed by atoms with Crippen LogP contribution in [-0.2, 0) is 5.60 Å². The molecule has 1 N–H and O–H groups in total. The van der Waals surface area contributed by atoms with E-state index < -0.39 is 5.60 Å². The van der Waals surface area contributed by atoms with Gasteiger partial charge in [-0.2, -0.15) is 0 Å². The molecule has 1 atom stereocenters. The number of aliphatic hydroxyl groups is 1. The Bertz CT molecular complexity index is 584. The summed E-state index contributed by atoms with van der Waals surface area (Å²) >= 11 is 0. The van der Waals surface area contributed by atoms with Gasteiger partial charge in [-0.05, 0) is 18.9 Å². The van der Waals surface area contributed by atoms with Gasteiger partial charge in [-0.1, -0.05) is 58.2 Å². The first-order valence-corrected chi connectivity index (χ1v) is 8.62. The molecular formula is C19H29ClN2O. The van der Waals surface area contributed by atoms with E-state index in [4.69, 9.17) is 4.99 Å². The van der Waals surface area contributed by atoms with Crippen molar-refractivity contribution in [1.29, 1.82) is 0 Å². The van der Waals surface area contributed by atoms with Gasteiger partial charge in [-0.3, -0.25) is 4.99 Å². The third-order valence-corrected chi connectivity index (χ3v) is 4.90. The summed E-state index contributed by atoms with van der Waals surface area (Å²) in [5.41, 5.74) is 1.46. The molecule has 4 heteroatoms. The number of hydrogen-bond donors (Lipinski definition) is 1. The van der Waals surface area contributed by atoms with Crippen LogP contribution in [0.25, 0.3) is 0 Å². The quantitative estimate of drug-likeness (QED) is 0.802. The van der Waals surface area contributed by atoms with E-state index in [1.54, 1.807) is 0 Å². The average Bonchev–Trinajstić information content (AvgIpc) is 2.73. The first-order valence-electron chi connectivity index (χ1n) is 8.62. The average molecular weight is 337 g/mol. The topological polar surface area (TPSA) is 35.8 Å². The van der Waals surface area contributed by atoms with Gasteiger partial charge in [0.05, 0.1) is 0 Å².